The normalized spacial score (nSPS) is 25.6. The molecule has 1 aliphatic carbocycles. The fourth-order valence-corrected chi connectivity index (χ4v) is 2.30. The van der Waals surface area contributed by atoms with Crippen LogP contribution in [0.15, 0.2) is 0 Å². The van der Waals surface area contributed by atoms with Crippen LogP contribution >= 0.6 is 0 Å². The van der Waals surface area contributed by atoms with Crippen molar-refractivity contribution in [1.29, 1.82) is 0 Å². The lowest BCUT2D eigenvalue weighted by Crippen LogP contribution is -2.11. The molecular formula is C14H30O. The lowest BCUT2D eigenvalue weighted by Gasteiger charge is -2.25. The van der Waals surface area contributed by atoms with E-state index in [0.29, 0.717) is 0 Å². The van der Waals surface area contributed by atoms with Gasteiger partial charge in [0, 0.05) is 6.61 Å². The number of hydrogen-bond acceptors (Lipinski definition) is 1. The maximum atomic E-state index is 7.57. The van der Waals surface area contributed by atoms with Crippen molar-refractivity contribution in [1.82, 2.24) is 0 Å². The number of rotatable bonds is 4. The number of aliphatic hydroxyl groups excluding tert-OH is 1. The standard InChI is InChI=1S/C12H24.C2H6O/c1-3-4-5-6-12-9-7-11(2)8-10-12;1-2-3/h11-12H,3-10H2,1-2H3;3H,2H2,1H3. The van der Waals surface area contributed by atoms with Crippen molar-refractivity contribution < 1.29 is 5.11 Å². The molecule has 15 heavy (non-hydrogen) atoms. The van der Waals surface area contributed by atoms with Crippen LogP contribution in [0.25, 0.3) is 0 Å². The molecule has 0 atom stereocenters. The first-order chi connectivity index (χ1) is 7.24. The molecule has 0 unspecified atom stereocenters. The largest absolute Gasteiger partial charge is 0.397 e. The third-order valence-electron chi connectivity index (χ3n) is 3.35. The Kier molecular flexibility index (Phi) is 10.4. The van der Waals surface area contributed by atoms with Gasteiger partial charge < -0.3 is 5.11 Å². The average Bonchev–Trinajstić information content (AvgIpc) is 2.23. The van der Waals surface area contributed by atoms with Gasteiger partial charge in [-0.3, -0.25) is 0 Å². The Hall–Kier alpha value is -0.0400. The summed E-state index contributed by atoms with van der Waals surface area (Å²) in [6, 6.07) is 0. The van der Waals surface area contributed by atoms with Crippen molar-refractivity contribution in [2.24, 2.45) is 11.8 Å². The zero-order valence-electron chi connectivity index (χ0n) is 11.0. The second-order valence-corrected chi connectivity index (χ2v) is 4.94. The van der Waals surface area contributed by atoms with Gasteiger partial charge >= 0.3 is 0 Å². The first-order valence-corrected chi connectivity index (χ1v) is 6.85. The SMILES string of the molecule is CCCCCC1CCC(C)CC1.CCO. The highest BCUT2D eigenvalue weighted by Crippen LogP contribution is 2.31. The van der Waals surface area contributed by atoms with Crippen LogP contribution in [0.2, 0.25) is 0 Å². The lowest BCUT2D eigenvalue weighted by molar-refractivity contribution is 0.272. The topological polar surface area (TPSA) is 20.2 Å². The van der Waals surface area contributed by atoms with Gasteiger partial charge in [-0.25, -0.2) is 0 Å². The molecule has 0 amide bonds. The van der Waals surface area contributed by atoms with Crippen LogP contribution in [0.4, 0.5) is 0 Å². The molecule has 1 rings (SSSR count). The molecule has 0 heterocycles. The van der Waals surface area contributed by atoms with E-state index in [1.54, 1.807) is 6.92 Å². The lowest BCUT2D eigenvalue weighted by atomic mass is 9.80. The monoisotopic (exact) mass is 214 g/mol. The van der Waals surface area contributed by atoms with Crippen LogP contribution in [0.5, 0.6) is 0 Å². The summed E-state index contributed by atoms with van der Waals surface area (Å²) in [4.78, 5) is 0. The molecule has 1 nitrogen and oxygen atoms in total. The molecule has 0 bridgehead atoms. The molecule has 92 valence electrons. The maximum absolute atomic E-state index is 7.57. The molecule has 1 saturated carbocycles. The van der Waals surface area contributed by atoms with Crippen molar-refractivity contribution in [2.75, 3.05) is 6.61 Å². The van der Waals surface area contributed by atoms with Gasteiger partial charge in [0.25, 0.3) is 0 Å². The summed E-state index contributed by atoms with van der Waals surface area (Å²) >= 11 is 0. The van der Waals surface area contributed by atoms with Crippen molar-refractivity contribution >= 4 is 0 Å². The van der Waals surface area contributed by atoms with Gasteiger partial charge in [0.15, 0.2) is 0 Å². The zero-order chi connectivity index (χ0) is 11.5. The third kappa shape index (κ3) is 8.92. The molecule has 0 aromatic heterocycles. The minimum absolute atomic E-state index is 0.250. The number of unbranched alkanes of at least 4 members (excludes halogenated alkanes) is 2. The zero-order valence-corrected chi connectivity index (χ0v) is 11.0. The third-order valence-corrected chi connectivity index (χ3v) is 3.35. The quantitative estimate of drug-likeness (QED) is 0.688. The van der Waals surface area contributed by atoms with Crippen molar-refractivity contribution in [3.8, 4) is 0 Å². The molecule has 1 heteroatoms. The van der Waals surface area contributed by atoms with E-state index in [-0.39, 0.29) is 6.61 Å². The molecule has 0 aromatic carbocycles. The summed E-state index contributed by atoms with van der Waals surface area (Å²) in [5.41, 5.74) is 0. The van der Waals surface area contributed by atoms with E-state index < -0.39 is 0 Å². The first kappa shape index (κ1) is 15.0. The molecule has 0 aliphatic heterocycles. The number of hydrogen-bond donors (Lipinski definition) is 1. The van der Waals surface area contributed by atoms with Crippen molar-refractivity contribution in [3.63, 3.8) is 0 Å². The Bertz CT molecular complexity index is 115. The van der Waals surface area contributed by atoms with Crippen LogP contribution in [-0.4, -0.2) is 11.7 Å². The van der Waals surface area contributed by atoms with E-state index >= 15 is 0 Å². The predicted molar refractivity (Wildman–Crippen MR) is 68.0 cm³/mol. The van der Waals surface area contributed by atoms with Crippen LogP contribution in [0.3, 0.4) is 0 Å². The average molecular weight is 214 g/mol. The molecule has 1 N–H and O–H groups in total. The number of aliphatic hydroxyl groups is 1. The highest BCUT2D eigenvalue weighted by molar-refractivity contribution is 4.69. The van der Waals surface area contributed by atoms with E-state index in [0.717, 1.165) is 11.8 Å². The summed E-state index contributed by atoms with van der Waals surface area (Å²) < 4.78 is 0. The Morgan fingerprint density at radius 1 is 1.00 bits per heavy atom. The minimum Gasteiger partial charge on any atom is -0.397 e. The molecule has 0 aromatic rings. The fraction of sp³-hybridized carbons (Fsp3) is 1.00. The van der Waals surface area contributed by atoms with Gasteiger partial charge in [0.05, 0.1) is 0 Å². The molecule has 0 radical (unpaired) electrons. The van der Waals surface area contributed by atoms with Crippen molar-refractivity contribution in [2.45, 2.75) is 72.1 Å². The van der Waals surface area contributed by atoms with Gasteiger partial charge in [-0.15, -0.1) is 0 Å². The predicted octanol–water partition coefficient (Wildman–Crippen LogP) is 4.39. The second kappa shape index (κ2) is 10.5. The van der Waals surface area contributed by atoms with Crippen molar-refractivity contribution in [3.05, 3.63) is 0 Å². The van der Waals surface area contributed by atoms with E-state index in [9.17, 15) is 0 Å². The van der Waals surface area contributed by atoms with Crippen LogP contribution < -0.4 is 0 Å². The summed E-state index contributed by atoms with van der Waals surface area (Å²) in [5, 5.41) is 7.57. The Morgan fingerprint density at radius 3 is 2.00 bits per heavy atom. The van der Waals surface area contributed by atoms with Gasteiger partial charge in [-0.2, -0.15) is 0 Å². The minimum atomic E-state index is 0.250. The van der Waals surface area contributed by atoms with E-state index in [2.05, 4.69) is 13.8 Å². The fourth-order valence-electron chi connectivity index (χ4n) is 2.30. The van der Waals surface area contributed by atoms with E-state index in [4.69, 9.17) is 5.11 Å². The maximum Gasteiger partial charge on any atom is 0.0402 e. The smallest absolute Gasteiger partial charge is 0.0402 e. The molecular weight excluding hydrogens is 184 g/mol. The van der Waals surface area contributed by atoms with Gasteiger partial charge in [0.2, 0.25) is 0 Å². The Balaban J connectivity index is 0.000000583. The second-order valence-electron chi connectivity index (χ2n) is 4.94. The van der Waals surface area contributed by atoms with Gasteiger partial charge in [-0.05, 0) is 18.8 Å². The molecule has 0 spiro atoms. The Labute approximate surface area is 96.3 Å². The van der Waals surface area contributed by atoms with Gasteiger partial charge in [0.1, 0.15) is 0 Å². The van der Waals surface area contributed by atoms with Crippen LogP contribution in [-0.2, 0) is 0 Å². The molecule has 1 fully saturated rings. The van der Waals surface area contributed by atoms with Crippen LogP contribution in [0, 0.1) is 11.8 Å². The molecule has 1 aliphatic rings. The van der Waals surface area contributed by atoms with E-state index in [1.165, 1.54) is 51.4 Å². The highest BCUT2D eigenvalue weighted by atomic mass is 16.2. The highest BCUT2D eigenvalue weighted by Gasteiger charge is 2.17. The summed E-state index contributed by atoms with van der Waals surface area (Å²) in [5.74, 6) is 2.11. The summed E-state index contributed by atoms with van der Waals surface area (Å²) in [6.45, 7) is 6.63. The summed E-state index contributed by atoms with van der Waals surface area (Å²) in [6.07, 6.45) is 11.9. The van der Waals surface area contributed by atoms with E-state index in [1.807, 2.05) is 0 Å². The Morgan fingerprint density at radius 2 is 1.53 bits per heavy atom. The molecule has 0 saturated heterocycles. The van der Waals surface area contributed by atoms with Crippen LogP contribution in [0.1, 0.15) is 72.1 Å². The summed E-state index contributed by atoms with van der Waals surface area (Å²) in [7, 11) is 0. The van der Waals surface area contributed by atoms with Gasteiger partial charge in [-0.1, -0.05) is 65.2 Å². The first-order valence-electron chi connectivity index (χ1n) is 6.85.